The van der Waals surface area contributed by atoms with Gasteiger partial charge in [-0.15, -0.1) is 0 Å². The Labute approximate surface area is 120 Å². The third kappa shape index (κ3) is 5.12. The van der Waals surface area contributed by atoms with Crippen LogP contribution in [0, 0.1) is 0 Å². The number of para-hydroxylation sites is 1. The van der Waals surface area contributed by atoms with E-state index in [0.29, 0.717) is 6.61 Å². The lowest BCUT2D eigenvalue weighted by Gasteiger charge is -2.35. The van der Waals surface area contributed by atoms with Gasteiger partial charge in [0.15, 0.2) is 8.32 Å². The Morgan fingerprint density at radius 1 is 1.00 bits per heavy atom. The van der Waals surface area contributed by atoms with Gasteiger partial charge < -0.3 is 9.16 Å². The van der Waals surface area contributed by atoms with E-state index < -0.39 is 16.4 Å². The monoisotopic (exact) mass is 296 g/mol. The van der Waals surface area contributed by atoms with Gasteiger partial charge in [0.25, 0.3) is 0 Å². The van der Waals surface area contributed by atoms with E-state index in [9.17, 15) is 0 Å². The summed E-state index contributed by atoms with van der Waals surface area (Å²) in [5.74, 6) is 0.982. The van der Waals surface area contributed by atoms with E-state index in [0.717, 1.165) is 5.75 Å². The Morgan fingerprint density at radius 2 is 1.58 bits per heavy atom. The van der Waals surface area contributed by atoms with Gasteiger partial charge in [-0.3, -0.25) is 0 Å². The second-order valence-electron chi connectivity index (χ2n) is 6.95. The van der Waals surface area contributed by atoms with Crippen molar-refractivity contribution in [2.24, 2.45) is 0 Å². The number of hydrogen-bond donors (Lipinski definition) is 0. The summed E-state index contributed by atoms with van der Waals surface area (Å²) in [5.41, 5.74) is 1.44. The molecular weight excluding hydrogens is 268 g/mol. The van der Waals surface area contributed by atoms with Gasteiger partial charge in [0.05, 0.1) is 20.4 Å². The van der Waals surface area contributed by atoms with Crippen molar-refractivity contribution in [3.05, 3.63) is 29.8 Å². The number of benzene rings is 1. The Bertz CT molecular complexity index is 405. The molecule has 19 heavy (non-hydrogen) atoms. The molecule has 0 bridgehead atoms. The Kier molecular flexibility index (Phi) is 5.41. The van der Waals surface area contributed by atoms with Gasteiger partial charge in [-0.05, 0) is 32.6 Å². The van der Waals surface area contributed by atoms with Gasteiger partial charge in [-0.25, -0.2) is 0 Å². The van der Waals surface area contributed by atoms with E-state index in [4.69, 9.17) is 9.16 Å². The molecule has 0 aliphatic carbocycles. The molecule has 1 unspecified atom stereocenters. The lowest BCUT2D eigenvalue weighted by Crippen LogP contribution is -2.40. The Morgan fingerprint density at radius 3 is 2.05 bits per heavy atom. The summed E-state index contributed by atoms with van der Waals surface area (Å²) in [5, 5.41) is 0. The molecule has 0 aromatic heterocycles. The van der Waals surface area contributed by atoms with Crippen molar-refractivity contribution in [2.45, 2.75) is 51.9 Å². The summed E-state index contributed by atoms with van der Waals surface area (Å²) in [6.07, 6.45) is 0. The molecule has 0 aliphatic heterocycles. The van der Waals surface area contributed by atoms with Crippen LogP contribution < -0.4 is 4.74 Å². The quantitative estimate of drug-likeness (QED) is 0.698. The summed E-state index contributed by atoms with van der Waals surface area (Å²) in [4.78, 5) is 0. The maximum atomic E-state index is 6.50. The zero-order valence-electron chi connectivity index (χ0n) is 13.4. The second-order valence-corrected chi connectivity index (χ2v) is 16.7. The standard InChI is InChI=1S/C15H28O2Si2/c1-8-16-14-12-10-9-11-13(14)15(18(2,3)4)17-19(5,6)7/h9-12,15H,8H2,1-7H3. The fourth-order valence-corrected chi connectivity index (χ4v) is 6.52. The zero-order valence-corrected chi connectivity index (χ0v) is 15.4. The minimum absolute atomic E-state index is 0.210. The van der Waals surface area contributed by atoms with E-state index in [1.807, 2.05) is 13.0 Å². The number of ether oxygens (including phenoxy) is 1. The van der Waals surface area contributed by atoms with Crippen molar-refractivity contribution < 1.29 is 9.16 Å². The van der Waals surface area contributed by atoms with Crippen LogP contribution in [0.2, 0.25) is 39.3 Å². The van der Waals surface area contributed by atoms with E-state index in [1.54, 1.807) is 0 Å². The van der Waals surface area contributed by atoms with Crippen LogP contribution in [0.4, 0.5) is 0 Å². The van der Waals surface area contributed by atoms with Gasteiger partial charge in [-0.2, -0.15) is 0 Å². The minimum Gasteiger partial charge on any atom is -0.494 e. The maximum absolute atomic E-state index is 6.50. The summed E-state index contributed by atoms with van der Waals surface area (Å²) in [6.45, 7) is 16.6. The number of hydrogen-bond acceptors (Lipinski definition) is 2. The third-order valence-corrected chi connectivity index (χ3v) is 5.94. The Balaban J connectivity index is 3.18. The molecule has 0 amide bonds. The SMILES string of the molecule is CCOc1ccccc1C(O[Si](C)(C)C)[Si](C)(C)C. The molecule has 108 valence electrons. The normalized spacial score (nSPS) is 14.3. The molecule has 1 atom stereocenters. The van der Waals surface area contributed by atoms with Crippen molar-refractivity contribution >= 4 is 16.4 Å². The first-order chi connectivity index (χ1) is 8.65. The van der Waals surface area contributed by atoms with E-state index in [-0.39, 0.29) is 5.73 Å². The van der Waals surface area contributed by atoms with E-state index in [1.165, 1.54) is 5.56 Å². The zero-order chi connectivity index (χ0) is 14.7. The topological polar surface area (TPSA) is 18.5 Å². The third-order valence-electron chi connectivity index (χ3n) is 2.76. The van der Waals surface area contributed by atoms with Crippen LogP contribution in [0.5, 0.6) is 5.75 Å². The van der Waals surface area contributed by atoms with Crippen LogP contribution in [-0.4, -0.2) is 23.0 Å². The van der Waals surface area contributed by atoms with Gasteiger partial charge in [0.2, 0.25) is 0 Å². The van der Waals surface area contributed by atoms with Crippen LogP contribution in [0.3, 0.4) is 0 Å². The molecular formula is C15H28O2Si2. The predicted octanol–water partition coefficient (Wildman–Crippen LogP) is 4.86. The molecule has 0 saturated heterocycles. The summed E-state index contributed by atoms with van der Waals surface area (Å²) in [7, 11) is -3.04. The predicted molar refractivity (Wildman–Crippen MR) is 88.1 cm³/mol. The van der Waals surface area contributed by atoms with Gasteiger partial charge in [0, 0.05) is 5.56 Å². The molecule has 0 fully saturated rings. The first-order valence-corrected chi connectivity index (χ1v) is 14.0. The molecule has 0 saturated carbocycles. The molecule has 1 aromatic rings. The summed E-state index contributed by atoms with van der Waals surface area (Å²) < 4.78 is 12.3. The lowest BCUT2D eigenvalue weighted by molar-refractivity contribution is 0.256. The molecule has 4 heteroatoms. The van der Waals surface area contributed by atoms with Gasteiger partial charge >= 0.3 is 0 Å². The number of rotatable bonds is 6. The molecule has 0 aliphatic rings. The van der Waals surface area contributed by atoms with Crippen LogP contribution >= 0.6 is 0 Å². The van der Waals surface area contributed by atoms with Crippen molar-refractivity contribution in [3.63, 3.8) is 0 Å². The van der Waals surface area contributed by atoms with Crippen LogP contribution in [0.25, 0.3) is 0 Å². The fraction of sp³-hybridized carbons (Fsp3) is 0.600. The molecule has 0 N–H and O–H groups in total. The molecule has 1 rings (SSSR count). The highest BCUT2D eigenvalue weighted by Gasteiger charge is 2.34. The van der Waals surface area contributed by atoms with Crippen LogP contribution in [-0.2, 0) is 4.43 Å². The van der Waals surface area contributed by atoms with Gasteiger partial charge in [0.1, 0.15) is 5.75 Å². The Hall–Kier alpha value is -0.586. The molecule has 0 spiro atoms. The fourth-order valence-electron chi connectivity index (χ4n) is 2.04. The average molecular weight is 297 g/mol. The van der Waals surface area contributed by atoms with E-state index >= 15 is 0 Å². The summed E-state index contributed by atoms with van der Waals surface area (Å²) >= 11 is 0. The lowest BCUT2D eigenvalue weighted by atomic mass is 10.2. The highest BCUT2D eigenvalue weighted by molar-refractivity contribution is 6.79. The second kappa shape index (κ2) is 6.24. The highest BCUT2D eigenvalue weighted by atomic mass is 28.4. The minimum atomic E-state index is -1.58. The summed E-state index contributed by atoms with van der Waals surface area (Å²) in [6, 6.07) is 8.33. The largest absolute Gasteiger partial charge is 0.494 e. The molecule has 0 heterocycles. The maximum Gasteiger partial charge on any atom is 0.184 e. The van der Waals surface area contributed by atoms with Crippen molar-refractivity contribution in [1.29, 1.82) is 0 Å². The van der Waals surface area contributed by atoms with Crippen molar-refractivity contribution in [1.82, 2.24) is 0 Å². The van der Waals surface area contributed by atoms with E-state index in [2.05, 4.69) is 57.5 Å². The van der Waals surface area contributed by atoms with Crippen LogP contribution in [0.15, 0.2) is 24.3 Å². The van der Waals surface area contributed by atoms with Crippen molar-refractivity contribution in [2.75, 3.05) is 6.61 Å². The molecule has 0 radical (unpaired) electrons. The first kappa shape index (κ1) is 16.5. The smallest absolute Gasteiger partial charge is 0.184 e. The average Bonchev–Trinajstić information content (AvgIpc) is 2.25. The highest BCUT2D eigenvalue weighted by Crippen LogP contribution is 2.36. The first-order valence-electron chi connectivity index (χ1n) is 7.04. The molecule has 2 nitrogen and oxygen atoms in total. The van der Waals surface area contributed by atoms with Gasteiger partial charge in [-0.1, -0.05) is 37.8 Å². The molecule has 1 aromatic carbocycles. The van der Waals surface area contributed by atoms with Crippen molar-refractivity contribution in [3.8, 4) is 5.75 Å². The van der Waals surface area contributed by atoms with Crippen LogP contribution in [0.1, 0.15) is 18.2 Å².